The molecule has 0 bridgehead atoms. The van der Waals surface area contributed by atoms with Gasteiger partial charge in [0.05, 0.1) is 58.9 Å². The summed E-state index contributed by atoms with van der Waals surface area (Å²) in [5.74, 6) is 4.56. The first-order valence-electron chi connectivity index (χ1n) is 25.3. The summed E-state index contributed by atoms with van der Waals surface area (Å²) in [6, 6.07) is 79.2. The van der Waals surface area contributed by atoms with Gasteiger partial charge in [-0.25, -0.2) is 0 Å². The van der Waals surface area contributed by atoms with Gasteiger partial charge in [0.15, 0.2) is 0 Å². The van der Waals surface area contributed by atoms with E-state index in [0.29, 0.717) is 0 Å². The van der Waals surface area contributed by atoms with Gasteiger partial charge in [0.1, 0.15) is 34.5 Å². The minimum absolute atomic E-state index is 0.760. The van der Waals surface area contributed by atoms with Crippen LogP contribution in [0.3, 0.4) is 0 Å². The van der Waals surface area contributed by atoms with Crippen molar-refractivity contribution in [3.05, 3.63) is 285 Å². The van der Waals surface area contributed by atoms with Crippen molar-refractivity contribution in [3.63, 3.8) is 0 Å². The van der Waals surface area contributed by atoms with Crippen molar-refractivity contribution in [2.45, 2.75) is 16.2 Å². The highest BCUT2D eigenvalue weighted by molar-refractivity contribution is 6.09. The molecule has 0 saturated heterocycles. The van der Waals surface area contributed by atoms with Crippen molar-refractivity contribution in [1.82, 2.24) is 0 Å². The predicted octanol–water partition coefficient (Wildman–Crippen LogP) is 14.8. The maximum atomic E-state index is 6.19. The molecule has 0 radical (unpaired) electrons. The van der Waals surface area contributed by atoms with Crippen LogP contribution in [0.25, 0.3) is 33.4 Å². The molecular weight excluding hydrogens is 925 g/mol. The number of benzene rings is 10. The van der Waals surface area contributed by atoms with Crippen LogP contribution in [0.15, 0.2) is 218 Å². The first-order valence-corrected chi connectivity index (χ1v) is 25.3. The van der Waals surface area contributed by atoms with Crippen LogP contribution in [0.2, 0.25) is 0 Å². The third-order valence-corrected chi connectivity index (χ3v) is 16.4. The van der Waals surface area contributed by atoms with Crippen LogP contribution >= 0.6 is 0 Å². The van der Waals surface area contributed by atoms with Gasteiger partial charge in [-0.05, 0) is 173 Å². The number of rotatable bonds is 12. The Balaban J connectivity index is 1.39. The monoisotopic (exact) mass is 978 g/mol. The third kappa shape index (κ3) is 6.20. The highest BCUT2D eigenvalue weighted by Gasteiger charge is 2.61. The Bertz CT molecular complexity index is 3340. The summed E-state index contributed by atoms with van der Waals surface area (Å²) in [4.78, 5) is 0. The largest absolute Gasteiger partial charge is 0.497 e. The molecule has 0 aliphatic heterocycles. The average Bonchev–Trinajstić information content (AvgIpc) is 4.22. The standard InChI is InChI=1S/C69H54O6/c1-70-49-25-13-19-43(37-49)67(44-20-14-26-50(38-44)71-2)58-34-10-7-31-55(58)61-64(67)62-56-32-8-11-35-59(56)68(45-21-15-27-51(39-45)72-3,46-22-16-28-52(40-46)73-4)66(62)63-57-33-9-12-36-60(57)69(65(61)63,47-23-17-29-53(41-47)74-5)48-24-18-30-54(42-48)75-6/h7-42H,1-6H3. The first kappa shape index (κ1) is 45.8. The quantitative estimate of drug-likeness (QED) is 0.122. The van der Waals surface area contributed by atoms with E-state index in [-0.39, 0.29) is 0 Å². The molecule has 6 heteroatoms. The van der Waals surface area contributed by atoms with Crippen molar-refractivity contribution in [3.8, 4) is 67.9 Å². The molecule has 13 rings (SSSR count). The van der Waals surface area contributed by atoms with Gasteiger partial charge in [-0.2, -0.15) is 0 Å². The van der Waals surface area contributed by atoms with Crippen LogP contribution in [0.5, 0.6) is 34.5 Å². The number of hydrogen-bond donors (Lipinski definition) is 0. The molecule has 366 valence electrons. The molecule has 3 aliphatic carbocycles. The SMILES string of the molecule is COc1cccc(C2(c3cccc(OC)c3)c3ccccc3-c3c2c2c(c4c3C(c3cccc(OC)c3)(c3cccc(OC)c3)c3ccccc3-4)C(c3cccc(OC)c3)(c3cccc(OC)c3)c3ccccc3-2)c1. The van der Waals surface area contributed by atoms with Crippen molar-refractivity contribution in [1.29, 1.82) is 0 Å². The molecule has 0 unspecified atom stereocenters. The van der Waals surface area contributed by atoms with Gasteiger partial charge in [-0.1, -0.05) is 146 Å². The minimum Gasteiger partial charge on any atom is -0.497 e. The summed E-state index contributed by atoms with van der Waals surface area (Å²) in [6.45, 7) is 0. The molecular formula is C69H54O6. The lowest BCUT2D eigenvalue weighted by Crippen LogP contribution is -2.33. The van der Waals surface area contributed by atoms with Gasteiger partial charge < -0.3 is 28.4 Å². The Morgan fingerprint density at radius 3 is 0.627 bits per heavy atom. The molecule has 75 heavy (non-hydrogen) atoms. The summed E-state index contributed by atoms with van der Waals surface area (Å²) in [6.07, 6.45) is 0. The smallest absolute Gasteiger partial charge is 0.119 e. The maximum Gasteiger partial charge on any atom is 0.119 e. The average molecular weight is 979 g/mol. The molecule has 6 nitrogen and oxygen atoms in total. The van der Waals surface area contributed by atoms with E-state index in [1.807, 2.05) is 36.4 Å². The molecule has 0 heterocycles. The topological polar surface area (TPSA) is 55.4 Å². The zero-order valence-corrected chi connectivity index (χ0v) is 42.7. The van der Waals surface area contributed by atoms with Gasteiger partial charge in [0.25, 0.3) is 0 Å². The summed E-state index contributed by atoms with van der Waals surface area (Å²) in [5, 5.41) is 0. The Kier molecular flexibility index (Phi) is 10.8. The van der Waals surface area contributed by atoms with E-state index in [0.717, 1.165) is 118 Å². The van der Waals surface area contributed by atoms with Crippen LogP contribution < -0.4 is 28.4 Å². The molecule has 0 atom stereocenters. The maximum absolute atomic E-state index is 6.19. The zero-order chi connectivity index (χ0) is 51.1. The van der Waals surface area contributed by atoms with E-state index >= 15 is 0 Å². The molecule has 0 aromatic heterocycles. The number of methoxy groups -OCH3 is 6. The summed E-state index contributed by atoms with van der Waals surface area (Å²) < 4.78 is 37.2. The van der Waals surface area contributed by atoms with E-state index in [1.54, 1.807) is 42.7 Å². The van der Waals surface area contributed by atoms with Gasteiger partial charge in [-0.15, -0.1) is 0 Å². The fourth-order valence-electron chi connectivity index (χ4n) is 13.6. The lowest BCUT2D eigenvalue weighted by Gasteiger charge is -2.40. The molecule has 10 aromatic carbocycles. The van der Waals surface area contributed by atoms with Crippen LogP contribution in [0, 0.1) is 0 Å². The predicted molar refractivity (Wildman–Crippen MR) is 298 cm³/mol. The molecule has 10 aromatic rings. The highest BCUT2D eigenvalue weighted by atomic mass is 16.5. The third-order valence-electron chi connectivity index (χ3n) is 16.4. The Morgan fingerprint density at radius 2 is 0.427 bits per heavy atom. The van der Waals surface area contributed by atoms with E-state index < -0.39 is 16.2 Å². The minimum atomic E-state index is -0.969. The number of ether oxygens (including phenoxy) is 6. The molecule has 0 N–H and O–H groups in total. The van der Waals surface area contributed by atoms with Crippen LogP contribution in [-0.4, -0.2) is 42.7 Å². The molecule has 0 spiro atoms. The van der Waals surface area contributed by atoms with Gasteiger partial charge in [0, 0.05) is 0 Å². The highest BCUT2D eigenvalue weighted by Crippen LogP contribution is 2.73. The van der Waals surface area contributed by atoms with Crippen LogP contribution in [0.4, 0.5) is 0 Å². The van der Waals surface area contributed by atoms with Crippen LogP contribution in [-0.2, 0) is 16.2 Å². The number of hydrogen-bond acceptors (Lipinski definition) is 6. The molecule has 3 aliphatic rings. The van der Waals surface area contributed by atoms with Gasteiger partial charge in [0.2, 0.25) is 0 Å². The second-order valence-electron chi connectivity index (χ2n) is 19.5. The summed E-state index contributed by atoms with van der Waals surface area (Å²) in [7, 11) is 10.5. The molecule has 0 saturated carbocycles. The molecule has 0 amide bonds. The van der Waals surface area contributed by atoms with E-state index in [9.17, 15) is 0 Å². The number of fused-ring (bicyclic) bond motifs is 12. The van der Waals surface area contributed by atoms with Gasteiger partial charge in [-0.3, -0.25) is 0 Å². The fourth-order valence-corrected chi connectivity index (χ4v) is 13.6. The first-order chi connectivity index (χ1) is 36.9. The lowest BCUT2D eigenvalue weighted by molar-refractivity contribution is 0.412. The van der Waals surface area contributed by atoms with Crippen molar-refractivity contribution >= 4 is 0 Å². The lowest BCUT2D eigenvalue weighted by atomic mass is 9.61. The molecule has 0 fully saturated rings. The Hall–Kier alpha value is -9.00. The Labute approximate surface area is 438 Å². The van der Waals surface area contributed by atoms with Crippen molar-refractivity contribution in [2.75, 3.05) is 42.7 Å². The second kappa shape index (κ2) is 17.6. The van der Waals surface area contributed by atoms with E-state index in [2.05, 4.69) is 182 Å². The Morgan fingerprint density at radius 1 is 0.227 bits per heavy atom. The van der Waals surface area contributed by atoms with Crippen molar-refractivity contribution in [2.24, 2.45) is 0 Å². The van der Waals surface area contributed by atoms with Gasteiger partial charge >= 0.3 is 0 Å². The zero-order valence-electron chi connectivity index (χ0n) is 42.7. The fraction of sp³-hybridized carbons (Fsp3) is 0.130. The summed E-state index contributed by atoms with van der Waals surface area (Å²) in [5.41, 5.74) is 17.3. The van der Waals surface area contributed by atoms with Crippen LogP contribution in [0.1, 0.15) is 66.8 Å². The van der Waals surface area contributed by atoms with E-state index in [1.165, 1.54) is 16.7 Å². The summed E-state index contributed by atoms with van der Waals surface area (Å²) >= 11 is 0. The normalized spacial score (nSPS) is 14.3. The second-order valence-corrected chi connectivity index (χ2v) is 19.5. The van der Waals surface area contributed by atoms with E-state index in [4.69, 9.17) is 28.4 Å². The van der Waals surface area contributed by atoms with Crippen molar-refractivity contribution < 1.29 is 28.4 Å².